The minimum Gasteiger partial charge on any atom is -0.376 e. The lowest BCUT2D eigenvalue weighted by atomic mass is 10.1. The Bertz CT molecular complexity index is 93.6. The highest BCUT2D eigenvalue weighted by Crippen LogP contribution is 2.10. The van der Waals surface area contributed by atoms with Gasteiger partial charge in [-0.1, -0.05) is 6.42 Å². The Balaban J connectivity index is 2.24. The third kappa shape index (κ3) is 1.92. The van der Waals surface area contributed by atoms with Gasteiger partial charge in [0.2, 0.25) is 0 Å². The van der Waals surface area contributed by atoms with Crippen LogP contribution < -0.4 is 0 Å². The topological polar surface area (TPSA) is 23.5 Å². The first kappa shape index (κ1) is 7.95. The first-order valence-electron chi connectivity index (χ1n) is 3.82. The van der Waals surface area contributed by atoms with Crippen molar-refractivity contribution in [3.63, 3.8) is 0 Å². The van der Waals surface area contributed by atoms with Gasteiger partial charge in [0.25, 0.3) is 0 Å². The molecule has 1 atom stereocenters. The Labute approximate surface area is 60.6 Å². The van der Waals surface area contributed by atoms with Crippen molar-refractivity contribution in [2.75, 3.05) is 19.8 Å². The highest BCUT2D eigenvalue weighted by atomic mass is 19.1. The molecule has 1 heterocycles. The maximum atomic E-state index is 11.9. The van der Waals surface area contributed by atoms with Gasteiger partial charge in [-0.2, -0.15) is 0 Å². The maximum absolute atomic E-state index is 11.9. The van der Waals surface area contributed by atoms with E-state index in [1.54, 1.807) is 4.90 Å². The summed E-state index contributed by atoms with van der Waals surface area (Å²) in [4.78, 5) is 1.80. The quantitative estimate of drug-likeness (QED) is 0.623. The summed E-state index contributed by atoms with van der Waals surface area (Å²) < 4.78 is 11.9. The van der Waals surface area contributed by atoms with Crippen molar-refractivity contribution in [1.82, 2.24) is 4.90 Å². The predicted octanol–water partition coefficient (Wildman–Crippen LogP) is 0.760. The van der Waals surface area contributed by atoms with Crippen molar-refractivity contribution in [2.24, 2.45) is 0 Å². The Morgan fingerprint density at radius 2 is 1.90 bits per heavy atom. The molecule has 1 aliphatic heterocycles. The van der Waals surface area contributed by atoms with Gasteiger partial charge < -0.3 is 5.11 Å². The maximum Gasteiger partial charge on any atom is 0.136 e. The number of halogens is 1. The SMILES string of the molecule is OC(CF)N1CCCCC1. The molecule has 0 aromatic rings. The summed E-state index contributed by atoms with van der Waals surface area (Å²) in [6.45, 7) is 1.07. The molecule has 1 N–H and O–H groups in total. The molecule has 0 aliphatic carbocycles. The summed E-state index contributed by atoms with van der Waals surface area (Å²) in [6, 6.07) is 0. The summed E-state index contributed by atoms with van der Waals surface area (Å²) in [7, 11) is 0. The average molecular weight is 147 g/mol. The largest absolute Gasteiger partial charge is 0.376 e. The molecule has 0 amide bonds. The third-order valence-corrected chi connectivity index (χ3v) is 1.95. The fraction of sp³-hybridized carbons (Fsp3) is 1.00. The molecule has 60 valence electrons. The van der Waals surface area contributed by atoms with Gasteiger partial charge >= 0.3 is 0 Å². The van der Waals surface area contributed by atoms with E-state index in [1.165, 1.54) is 6.42 Å². The molecule has 10 heavy (non-hydrogen) atoms. The fourth-order valence-electron chi connectivity index (χ4n) is 1.31. The number of nitrogens with zero attached hydrogens (tertiary/aromatic N) is 1. The molecule has 1 fully saturated rings. The van der Waals surface area contributed by atoms with Crippen molar-refractivity contribution in [1.29, 1.82) is 0 Å². The van der Waals surface area contributed by atoms with Gasteiger partial charge in [-0.05, 0) is 12.8 Å². The first-order chi connectivity index (χ1) is 4.84. The van der Waals surface area contributed by atoms with Crippen LogP contribution in [-0.2, 0) is 0 Å². The highest BCUT2D eigenvalue weighted by molar-refractivity contribution is 4.66. The minimum atomic E-state index is -0.847. The van der Waals surface area contributed by atoms with Crippen LogP contribution in [0.2, 0.25) is 0 Å². The number of hydrogen-bond donors (Lipinski definition) is 1. The van der Waals surface area contributed by atoms with Gasteiger partial charge in [0, 0.05) is 13.1 Å². The van der Waals surface area contributed by atoms with Crippen molar-refractivity contribution in [3.05, 3.63) is 0 Å². The number of aliphatic hydroxyl groups excluding tert-OH is 1. The number of piperidine rings is 1. The van der Waals surface area contributed by atoms with E-state index in [2.05, 4.69) is 0 Å². The van der Waals surface area contributed by atoms with Crippen LogP contribution >= 0.6 is 0 Å². The Kier molecular flexibility index (Phi) is 3.09. The lowest BCUT2D eigenvalue weighted by molar-refractivity contribution is -0.0231. The van der Waals surface area contributed by atoms with Crippen LogP contribution in [0.5, 0.6) is 0 Å². The fourth-order valence-corrected chi connectivity index (χ4v) is 1.31. The summed E-state index contributed by atoms with van der Waals surface area (Å²) >= 11 is 0. The number of alkyl halides is 1. The second-order valence-electron chi connectivity index (χ2n) is 2.73. The van der Waals surface area contributed by atoms with E-state index in [9.17, 15) is 4.39 Å². The second-order valence-corrected chi connectivity index (χ2v) is 2.73. The van der Waals surface area contributed by atoms with Crippen molar-refractivity contribution in [2.45, 2.75) is 25.5 Å². The summed E-state index contributed by atoms with van der Waals surface area (Å²) in [5.74, 6) is 0. The molecule has 1 aliphatic rings. The van der Waals surface area contributed by atoms with Crippen LogP contribution in [-0.4, -0.2) is 36.0 Å². The van der Waals surface area contributed by atoms with Gasteiger partial charge in [-0.25, -0.2) is 4.39 Å². The summed E-state index contributed by atoms with van der Waals surface area (Å²) in [5, 5.41) is 9.03. The molecule has 3 heteroatoms. The highest BCUT2D eigenvalue weighted by Gasteiger charge is 2.16. The van der Waals surface area contributed by atoms with Gasteiger partial charge in [0.05, 0.1) is 0 Å². The Morgan fingerprint density at radius 1 is 1.30 bits per heavy atom. The molecule has 0 saturated carbocycles. The van der Waals surface area contributed by atoms with Crippen LogP contribution in [0.1, 0.15) is 19.3 Å². The van der Waals surface area contributed by atoms with E-state index in [1.807, 2.05) is 0 Å². The van der Waals surface area contributed by atoms with Gasteiger partial charge in [0.1, 0.15) is 12.9 Å². The Hall–Kier alpha value is -0.150. The zero-order valence-electron chi connectivity index (χ0n) is 6.09. The Morgan fingerprint density at radius 3 is 2.40 bits per heavy atom. The van der Waals surface area contributed by atoms with E-state index in [4.69, 9.17) is 5.11 Å². The van der Waals surface area contributed by atoms with Gasteiger partial charge in [-0.15, -0.1) is 0 Å². The standard InChI is InChI=1S/C7H14FNO/c8-6-7(10)9-4-2-1-3-5-9/h7,10H,1-6H2. The molecular formula is C7H14FNO. The molecule has 0 aromatic carbocycles. The minimum absolute atomic E-state index is 0.639. The van der Waals surface area contributed by atoms with Crippen molar-refractivity contribution in [3.8, 4) is 0 Å². The van der Waals surface area contributed by atoms with Crippen LogP contribution in [0.4, 0.5) is 4.39 Å². The number of hydrogen-bond acceptors (Lipinski definition) is 2. The molecule has 1 unspecified atom stereocenters. The third-order valence-electron chi connectivity index (χ3n) is 1.95. The van der Waals surface area contributed by atoms with Crippen molar-refractivity contribution < 1.29 is 9.50 Å². The number of rotatable bonds is 2. The molecule has 0 aromatic heterocycles. The van der Waals surface area contributed by atoms with Gasteiger partial charge in [0.15, 0.2) is 0 Å². The van der Waals surface area contributed by atoms with E-state index in [-0.39, 0.29) is 0 Å². The molecule has 0 bridgehead atoms. The predicted molar refractivity (Wildman–Crippen MR) is 37.4 cm³/mol. The smallest absolute Gasteiger partial charge is 0.136 e. The molecule has 2 nitrogen and oxygen atoms in total. The van der Waals surface area contributed by atoms with Gasteiger partial charge in [-0.3, -0.25) is 4.90 Å². The number of likely N-dealkylation sites (tertiary alicyclic amines) is 1. The average Bonchev–Trinajstić information content (AvgIpc) is 2.05. The zero-order valence-corrected chi connectivity index (χ0v) is 6.09. The molecule has 0 spiro atoms. The van der Waals surface area contributed by atoms with Crippen LogP contribution in [0.25, 0.3) is 0 Å². The monoisotopic (exact) mass is 147 g/mol. The van der Waals surface area contributed by atoms with E-state index < -0.39 is 12.9 Å². The number of aliphatic hydroxyl groups is 1. The van der Waals surface area contributed by atoms with Crippen LogP contribution in [0, 0.1) is 0 Å². The second kappa shape index (κ2) is 3.88. The van der Waals surface area contributed by atoms with Crippen molar-refractivity contribution >= 4 is 0 Å². The summed E-state index contributed by atoms with van der Waals surface area (Å²) in [5.41, 5.74) is 0. The van der Waals surface area contributed by atoms with Crippen LogP contribution in [0.15, 0.2) is 0 Å². The lowest BCUT2D eigenvalue weighted by Gasteiger charge is -2.29. The lowest BCUT2D eigenvalue weighted by Crippen LogP contribution is -2.40. The molecule has 1 saturated heterocycles. The zero-order chi connectivity index (χ0) is 7.40. The molecule has 1 rings (SSSR count). The van der Waals surface area contributed by atoms with Crippen LogP contribution in [0.3, 0.4) is 0 Å². The molecule has 0 radical (unpaired) electrons. The first-order valence-corrected chi connectivity index (χ1v) is 3.82. The normalized spacial score (nSPS) is 24.6. The molecular weight excluding hydrogens is 133 g/mol. The van der Waals surface area contributed by atoms with E-state index >= 15 is 0 Å². The van der Waals surface area contributed by atoms with E-state index in [0.717, 1.165) is 25.9 Å². The summed E-state index contributed by atoms with van der Waals surface area (Å²) in [6.07, 6.45) is 2.56. The van der Waals surface area contributed by atoms with E-state index in [0.29, 0.717) is 0 Å².